The van der Waals surface area contributed by atoms with Crippen molar-refractivity contribution in [1.29, 1.82) is 0 Å². The van der Waals surface area contributed by atoms with Gasteiger partial charge < -0.3 is 24.4 Å². The molecule has 1 fully saturated rings. The van der Waals surface area contributed by atoms with E-state index in [9.17, 15) is 14.4 Å². The first-order chi connectivity index (χ1) is 22.0. The normalized spacial score (nSPS) is 13.3. The molecule has 0 bridgehead atoms. The lowest BCUT2D eigenvalue weighted by molar-refractivity contribution is -0.139. The first-order valence-corrected chi connectivity index (χ1v) is 14.9. The van der Waals surface area contributed by atoms with Crippen molar-refractivity contribution in [3.63, 3.8) is 0 Å². The van der Waals surface area contributed by atoms with E-state index < -0.39 is 11.9 Å². The highest BCUT2D eigenvalue weighted by Crippen LogP contribution is 2.29. The first kappa shape index (κ1) is 31.4. The lowest BCUT2D eigenvalue weighted by Crippen LogP contribution is -2.50. The maximum atomic E-state index is 12.9. The van der Waals surface area contributed by atoms with Crippen LogP contribution in [0.25, 0.3) is 0 Å². The fourth-order valence-corrected chi connectivity index (χ4v) is 5.36. The molecule has 0 unspecified atom stereocenters. The molecular formula is C36H37N3O6. The second-order valence-electron chi connectivity index (χ2n) is 10.7. The molecule has 1 N–H and O–H groups in total. The van der Waals surface area contributed by atoms with Gasteiger partial charge in [0.05, 0.1) is 24.4 Å². The van der Waals surface area contributed by atoms with Gasteiger partial charge in [-0.05, 0) is 34.9 Å². The number of rotatable bonds is 12. The van der Waals surface area contributed by atoms with Crippen LogP contribution in [0.2, 0.25) is 0 Å². The smallest absolute Gasteiger partial charge is 0.340 e. The molecule has 4 aromatic rings. The minimum absolute atomic E-state index is 0.101. The summed E-state index contributed by atoms with van der Waals surface area (Å²) < 4.78 is 16.2. The third-order valence-corrected chi connectivity index (χ3v) is 7.64. The van der Waals surface area contributed by atoms with Crippen LogP contribution in [0.3, 0.4) is 0 Å². The number of hydrogen-bond acceptors (Lipinski definition) is 7. The van der Waals surface area contributed by atoms with Crippen LogP contribution in [-0.4, -0.2) is 74.1 Å². The molecule has 0 saturated carbocycles. The van der Waals surface area contributed by atoms with Gasteiger partial charge in [-0.3, -0.25) is 14.5 Å². The molecule has 1 aliphatic rings. The van der Waals surface area contributed by atoms with Crippen LogP contribution in [-0.2, 0) is 25.7 Å². The summed E-state index contributed by atoms with van der Waals surface area (Å²) in [5.41, 5.74) is 3.81. The second-order valence-corrected chi connectivity index (χ2v) is 10.7. The van der Waals surface area contributed by atoms with Crippen molar-refractivity contribution in [3.05, 3.63) is 131 Å². The minimum atomic E-state index is -0.618. The SMILES string of the molecule is COC(=O)c1cc(OCc2ccccc2)ccc1NC(=O)COCC(=O)N1CCN(C(c2ccccc2)c2ccccc2)CC1. The van der Waals surface area contributed by atoms with E-state index in [1.165, 1.54) is 24.3 Å². The number of anilines is 1. The van der Waals surface area contributed by atoms with Crippen LogP contribution < -0.4 is 10.1 Å². The first-order valence-electron chi connectivity index (χ1n) is 14.9. The van der Waals surface area contributed by atoms with E-state index in [1.807, 2.05) is 66.7 Å². The summed E-state index contributed by atoms with van der Waals surface area (Å²) in [6.45, 7) is 2.30. The van der Waals surface area contributed by atoms with Crippen LogP contribution in [0, 0.1) is 0 Å². The van der Waals surface area contributed by atoms with E-state index in [0.29, 0.717) is 38.5 Å². The van der Waals surface area contributed by atoms with E-state index in [2.05, 4.69) is 34.5 Å². The van der Waals surface area contributed by atoms with Crippen LogP contribution in [0.15, 0.2) is 109 Å². The zero-order valence-electron chi connectivity index (χ0n) is 25.3. The monoisotopic (exact) mass is 607 g/mol. The highest BCUT2D eigenvalue weighted by Gasteiger charge is 2.28. The van der Waals surface area contributed by atoms with Crippen molar-refractivity contribution < 1.29 is 28.6 Å². The van der Waals surface area contributed by atoms with Crippen LogP contribution in [0.4, 0.5) is 5.69 Å². The second kappa shape index (κ2) is 15.7. The van der Waals surface area contributed by atoms with Crippen molar-refractivity contribution in [2.45, 2.75) is 12.6 Å². The molecule has 4 aromatic carbocycles. The highest BCUT2D eigenvalue weighted by molar-refractivity contribution is 6.02. The molecule has 5 rings (SSSR count). The Morgan fingerprint density at radius 2 is 1.36 bits per heavy atom. The summed E-state index contributed by atoms with van der Waals surface area (Å²) in [6, 6.07) is 35.3. The predicted octanol–water partition coefficient (Wildman–Crippen LogP) is 4.94. The van der Waals surface area contributed by atoms with Gasteiger partial charge in [-0.2, -0.15) is 0 Å². The quantitative estimate of drug-likeness (QED) is 0.228. The molecule has 1 saturated heterocycles. The Morgan fingerprint density at radius 1 is 0.756 bits per heavy atom. The molecule has 9 nitrogen and oxygen atoms in total. The van der Waals surface area contributed by atoms with Gasteiger partial charge in [0.15, 0.2) is 0 Å². The Balaban J connectivity index is 1.10. The van der Waals surface area contributed by atoms with Gasteiger partial charge in [0.25, 0.3) is 0 Å². The molecule has 1 heterocycles. The largest absolute Gasteiger partial charge is 0.489 e. The van der Waals surface area contributed by atoms with Gasteiger partial charge in [-0.15, -0.1) is 0 Å². The molecular weight excluding hydrogens is 570 g/mol. The number of hydrogen-bond donors (Lipinski definition) is 1. The number of esters is 1. The predicted molar refractivity (Wildman–Crippen MR) is 171 cm³/mol. The van der Waals surface area contributed by atoms with Gasteiger partial charge in [0, 0.05) is 26.2 Å². The summed E-state index contributed by atoms with van der Waals surface area (Å²) in [7, 11) is 1.27. The molecule has 232 valence electrons. The number of ether oxygens (including phenoxy) is 3. The molecule has 45 heavy (non-hydrogen) atoms. The number of benzene rings is 4. The molecule has 0 atom stereocenters. The number of nitrogens with zero attached hydrogens (tertiary/aromatic N) is 2. The number of nitrogens with one attached hydrogen (secondary N) is 1. The number of carbonyl (C=O) groups excluding carboxylic acids is 3. The Labute approximate surface area is 263 Å². The zero-order valence-corrected chi connectivity index (χ0v) is 25.3. The fourth-order valence-electron chi connectivity index (χ4n) is 5.36. The number of amides is 2. The van der Waals surface area contributed by atoms with Gasteiger partial charge in [0.1, 0.15) is 25.6 Å². The van der Waals surface area contributed by atoms with Crippen molar-refractivity contribution in [2.75, 3.05) is 51.8 Å². The van der Waals surface area contributed by atoms with Gasteiger partial charge in [-0.1, -0.05) is 91.0 Å². The van der Waals surface area contributed by atoms with Crippen molar-refractivity contribution in [2.24, 2.45) is 0 Å². The van der Waals surface area contributed by atoms with E-state index in [4.69, 9.17) is 14.2 Å². The van der Waals surface area contributed by atoms with Crippen molar-refractivity contribution >= 4 is 23.5 Å². The Morgan fingerprint density at radius 3 is 1.96 bits per heavy atom. The zero-order chi connectivity index (χ0) is 31.4. The number of piperazine rings is 1. The summed E-state index contributed by atoms with van der Waals surface area (Å²) >= 11 is 0. The molecule has 0 radical (unpaired) electrons. The van der Waals surface area contributed by atoms with E-state index in [1.54, 1.807) is 17.0 Å². The average Bonchev–Trinajstić information content (AvgIpc) is 3.09. The van der Waals surface area contributed by atoms with Gasteiger partial charge in [-0.25, -0.2) is 4.79 Å². The molecule has 1 aliphatic heterocycles. The van der Waals surface area contributed by atoms with Crippen LogP contribution in [0.5, 0.6) is 5.75 Å². The molecule has 0 spiro atoms. The van der Waals surface area contributed by atoms with Gasteiger partial charge in [0.2, 0.25) is 11.8 Å². The molecule has 9 heteroatoms. The summed E-state index contributed by atoms with van der Waals surface area (Å²) in [4.78, 5) is 42.2. The lowest BCUT2D eigenvalue weighted by Gasteiger charge is -2.39. The number of methoxy groups -OCH3 is 1. The van der Waals surface area contributed by atoms with E-state index in [0.717, 1.165) is 5.56 Å². The van der Waals surface area contributed by atoms with Crippen LogP contribution >= 0.6 is 0 Å². The average molecular weight is 608 g/mol. The Kier molecular flexibility index (Phi) is 10.9. The minimum Gasteiger partial charge on any atom is -0.489 e. The third kappa shape index (κ3) is 8.56. The van der Waals surface area contributed by atoms with Crippen molar-refractivity contribution in [1.82, 2.24) is 9.80 Å². The number of carbonyl (C=O) groups is 3. The maximum Gasteiger partial charge on any atom is 0.340 e. The topological polar surface area (TPSA) is 97.4 Å². The Hall–Kier alpha value is -4.99. The summed E-state index contributed by atoms with van der Waals surface area (Å²) in [5, 5.41) is 2.68. The van der Waals surface area contributed by atoms with Crippen LogP contribution in [0.1, 0.15) is 33.1 Å². The summed E-state index contributed by atoms with van der Waals surface area (Å²) in [6.07, 6.45) is 0. The molecule has 2 amide bonds. The van der Waals surface area contributed by atoms with E-state index in [-0.39, 0.29) is 36.4 Å². The fraction of sp³-hybridized carbons (Fsp3) is 0.250. The van der Waals surface area contributed by atoms with Gasteiger partial charge >= 0.3 is 5.97 Å². The lowest BCUT2D eigenvalue weighted by atomic mass is 9.96. The standard InChI is InChI=1S/C36H37N3O6/c1-43-36(42)31-23-30(45-24-27-11-5-2-6-12-27)17-18-32(31)37-33(40)25-44-26-34(41)38-19-21-39(22-20-38)35(28-13-7-3-8-14-28)29-15-9-4-10-16-29/h2-18,23,35H,19-22,24-26H2,1H3,(H,37,40). The maximum absolute atomic E-state index is 12.9. The summed E-state index contributed by atoms with van der Waals surface area (Å²) in [5.74, 6) is -0.830. The van der Waals surface area contributed by atoms with Crippen molar-refractivity contribution in [3.8, 4) is 5.75 Å². The molecule has 0 aromatic heterocycles. The highest BCUT2D eigenvalue weighted by atomic mass is 16.5. The van der Waals surface area contributed by atoms with E-state index >= 15 is 0 Å². The molecule has 0 aliphatic carbocycles. The Bertz CT molecular complexity index is 1520. The third-order valence-electron chi connectivity index (χ3n) is 7.64.